The van der Waals surface area contributed by atoms with E-state index < -0.39 is 15.9 Å². The zero-order chi connectivity index (χ0) is 19.6. The maximum Gasteiger partial charge on any atom is 0.253 e. The molecule has 2 aromatic carbocycles. The normalized spacial score (nSPS) is 16.3. The Morgan fingerprint density at radius 2 is 1.89 bits per heavy atom. The third kappa shape index (κ3) is 4.54. The van der Waals surface area contributed by atoms with Crippen LogP contribution in [0.1, 0.15) is 41.7 Å². The molecular formula is C19H20BrClN2O3S. The molecule has 0 saturated carbocycles. The Hall–Kier alpha value is -1.41. The maximum atomic E-state index is 12.7. The van der Waals surface area contributed by atoms with E-state index in [1.54, 1.807) is 0 Å². The minimum atomic E-state index is -3.61. The predicted molar refractivity (Wildman–Crippen MR) is 109 cm³/mol. The minimum Gasteiger partial charge on any atom is -0.345 e. The van der Waals surface area contributed by atoms with Gasteiger partial charge in [-0.3, -0.25) is 4.79 Å². The number of hydrogen-bond acceptors (Lipinski definition) is 3. The van der Waals surface area contributed by atoms with Crippen LogP contribution in [-0.4, -0.2) is 31.7 Å². The van der Waals surface area contributed by atoms with Crippen molar-refractivity contribution in [3.63, 3.8) is 0 Å². The van der Waals surface area contributed by atoms with Gasteiger partial charge in [0.1, 0.15) is 0 Å². The zero-order valence-electron chi connectivity index (χ0n) is 14.8. The van der Waals surface area contributed by atoms with Crippen LogP contribution in [0.2, 0.25) is 5.02 Å². The highest BCUT2D eigenvalue weighted by Crippen LogP contribution is 2.26. The lowest BCUT2D eigenvalue weighted by molar-refractivity contribution is 0.0940. The van der Waals surface area contributed by atoms with Crippen LogP contribution >= 0.6 is 27.5 Å². The largest absolute Gasteiger partial charge is 0.345 e. The molecule has 0 bridgehead atoms. The quantitative estimate of drug-likeness (QED) is 0.704. The van der Waals surface area contributed by atoms with Crippen molar-refractivity contribution in [3.05, 3.63) is 63.1 Å². The Balaban J connectivity index is 1.84. The van der Waals surface area contributed by atoms with Crippen molar-refractivity contribution in [1.29, 1.82) is 0 Å². The van der Waals surface area contributed by atoms with Crippen LogP contribution in [-0.2, 0) is 10.0 Å². The second-order valence-corrected chi connectivity index (χ2v) is 9.76. The molecular weight excluding hydrogens is 452 g/mol. The highest BCUT2D eigenvalue weighted by molar-refractivity contribution is 9.10. The summed E-state index contributed by atoms with van der Waals surface area (Å²) in [5, 5.41) is 3.09. The Morgan fingerprint density at radius 1 is 1.19 bits per heavy atom. The van der Waals surface area contributed by atoms with Crippen molar-refractivity contribution in [1.82, 2.24) is 9.62 Å². The first-order chi connectivity index (χ1) is 12.8. The van der Waals surface area contributed by atoms with Crippen molar-refractivity contribution < 1.29 is 13.2 Å². The predicted octanol–water partition coefficient (Wildman–Crippen LogP) is 4.38. The van der Waals surface area contributed by atoms with E-state index in [1.165, 1.54) is 22.5 Å². The summed E-state index contributed by atoms with van der Waals surface area (Å²) in [6.07, 6.45) is 1.70. The van der Waals surface area contributed by atoms with Crippen LogP contribution in [0.3, 0.4) is 0 Å². The van der Waals surface area contributed by atoms with E-state index >= 15 is 0 Å². The standard InChI is InChI=1S/C19H20BrClN2O3S/c1-13(14-5-4-6-15(20)11-14)22-19(24)17-12-16(7-8-18(17)21)27(25,26)23-9-2-3-10-23/h4-8,11-13H,2-3,9-10H2,1H3,(H,22,24). The number of rotatable bonds is 5. The lowest BCUT2D eigenvalue weighted by Gasteiger charge is -2.18. The van der Waals surface area contributed by atoms with Crippen molar-refractivity contribution >= 4 is 43.5 Å². The highest BCUT2D eigenvalue weighted by Gasteiger charge is 2.28. The molecule has 1 unspecified atom stereocenters. The average molecular weight is 472 g/mol. The van der Waals surface area contributed by atoms with Gasteiger partial charge in [-0.2, -0.15) is 4.31 Å². The van der Waals surface area contributed by atoms with Crippen LogP contribution in [0.15, 0.2) is 51.8 Å². The lowest BCUT2D eigenvalue weighted by Crippen LogP contribution is -2.29. The molecule has 1 amide bonds. The molecule has 0 spiro atoms. The summed E-state index contributed by atoms with van der Waals surface area (Å²) in [7, 11) is -3.61. The molecule has 3 rings (SSSR count). The number of hydrogen-bond donors (Lipinski definition) is 1. The number of halogens is 2. The number of carbonyl (C=O) groups excluding carboxylic acids is 1. The van der Waals surface area contributed by atoms with Crippen LogP contribution in [0.4, 0.5) is 0 Å². The summed E-state index contributed by atoms with van der Waals surface area (Å²) in [6.45, 7) is 2.87. The first kappa shape index (κ1) is 20.3. The lowest BCUT2D eigenvalue weighted by atomic mass is 10.1. The molecule has 0 radical (unpaired) electrons. The molecule has 144 valence electrons. The van der Waals surface area contributed by atoms with Crippen molar-refractivity contribution in [2.75, 3.05) is 13.1 Å². The second-order valence-electron chi connectivity index (χ2n) is 6.50. The third-order valence-corrected chi connectivity index (χ3v) is 7.30. The van der Waals surface area contributed by atoms with Crippen LogP contribution < -0.4 is 5.32 Å². The highest BCUT2D eigenvalue weighted by atomic mass is 79.9. The van der Waals surface area contributed by atoms with Gasteiger partial charge in [0.15, 0.2) is 0 Å². The van der Waals surface area contributed by atoms with E-state index in [0.717, 1.165) is 22.9 Å². The fourth-order valence-corrected chi connectivity index (χ4v) is 5.21. The Kier molecular flexibility index (Phi) is 6.25. The van der Waals surface area contributed by atoms with Gasteiger partial charge in [-0.15, -0.1) is 0 Å². The summed E-state index contributed by atoms with van der Waals surface area (Å²) >= 11 is 9.59. The Labute approximate surface area is 172 Å². The molecule has 1 aliphatic rings. The molecule has 0 aromatic heterocycles. The first-order valence-corrected chi connectivity index (χ1v) is 11.3. The maximum absolute atomic E-state index is 12.7. The molecule has 1 heterocycles. The van der Waals surface area contributed by atoms with Crippen molar-refractivity contribution in [2.24, 2.45) is 0 Å². The van der Waals surface area contributed by atoms with Gasteiger partial charge in [0.2, 0.25) is 10.0 Å². The summed E-state index contributed by atoms with van der Waals surface area (Å²) in [6, 6.07) is 11.6. The van der Waals surface area contributed by atoms with Gasteiger partial charge in [-0.1, -0.05) is 39.7 Å². The number of carbonyl (C=O) groups is 1. The fraction of sp³-hybridized carbons (Fsp3) is 0.316. The van der Waals surface area contributed by atoms with Gasteiger partial charge in [0, 0.05) is 17.6 Å². The number of nitrogens with one attached hydrogen (secondary N) is 1. The van der Waals surface area contributed by atoms with Crippen LogP contribution in [0.5, 0.6) is 0 Å². The number of amides is 1. The van der Waals surface area contributed by atoms with Crippen molar-refractivity contribution in [3.8, 4) is 0 Å². The number of nitrogens with zero attached hydrogens (tertiary/aromatic N) is 1. The van der Waals surface area contributed by atoms with Gasteiger partial charge in [0.05, 0.1) is 21.5 Å². The van der Waals surface area contributed by atoms with Crippen molar-refractivity contribution in [2.45, 2.75) is 30.7 Å². The van der Waals surface area contributed by atoms with E-state index in [0.29, 0.717) is 13.1 Å². The van der Waals surface area contributed by atoms with E-state index in [4.69, 9.17) is 11.6 Å². The zero-order valence-corrected chi connectivity index (χ0v) is 17.9. The summed E-state index contributed by atoms with van der Waals surface area (Å²) in [5.74, 6) is -0.411. The molecule has 2 aromatic rings. The van der Waals surface area contributed by atoms with Gasteiger partial charge >= 0.3 is 0 Å². The van der Waals surface area contributed by atoms with E-state index in [9.17, 15) is 13.2 Å². The van der Waals surface area contributed by atoms with Gasteiger partial charge in [0.25, 0.3) is 5.91 Å². The summed E-state index contributed by atoms with van der Waals surface area (Å²) in [4.78, 5) is 12.8. The molecule has 1 atom stereocenters. The second kappa shape index (κ2) is 8.31. The number of benzene rings is 2. The average Bonchev–Trinajstić information content (AvgIpc) is 3.17. The minimum absolute atomic E-state index is 0.0917. The monoisotopic (exact) mass is 470 g/mol. The Morgan fingerprint density at radius 3 is 2.56 bits per heavy atom. The molecule has 1 N–H and O–H groups in total. The molecule has 1 saturated heterocycles. The van der Waals surface area contributed by atoms with E-state index in [-0.39, 0.29) is 21.5 Å². The molecule has 0 aliphatic carbocycles. The topological polar surface area (TPSA) is 66.5 Å². The van der Waals surface area contributed by atoms with Gasteiger partial charge < -0.3 is 5.32 Å². The van der Waals surface area contributed by atoms with E-state index in [2.05, 4.69) is 21.2 Å². The number of sulfonamides is 1. The molecule has 1 fully saturated rings. The molecule has 5 nitrogen and oxygen atoms in total. The van der Waals surface area contributed by atoms with Gasteiger partial charge in [-0.25, -0.2) is 8.42 Å². The van der Waals surface area contributed by atoms with Gasteiger partial charge in [-0.05, 0) is 55.7 Å². The molecule has 8 heteroatoms. The smallest absolute Gasteiger partial charge is 0.253 e. The summed E-state index contributed by atoms with van der Waals surface area (Å²) < 4.78 is 27.9. The molecule has 1 aliphatic heterocycles. The molecule has 27 heavy (non-hydrogen) atoms. The van der Waals surface area contributed by atoms with Crippen LogP contribution in [0, 0.1) is 0 Å². The fourth-order valence-electron chi connectivity index (χ4n) is 3.05. The van der Waals surface area contributed by atoms with Crippen LogP contribution in [0.25, 0.3) is 0 Å². The first-order valence-electron chi connectivity index (χ1n) is 8.65. The third-order valence-electron chi connectivity index (χ3n) is 4.58. The SMILES string of the molecule is CC(NC(=O)c1cc(S(=O)(=O)N2CCCC2)ccc1Cl)c1cccc(Br)c1. The summed E-state index contributed by atoms with van der Waals surface area (Å²) in [5.41, 5.74) is 1.08. The van der Waals surface area contributed by atoms with E-state index in [1.807, 2.05) is 31.2 Å². The Bertz CT molecular complexity index is 959.